The molecule has 0 spiro atoms. The van der Waals surface area contributed by atoms with Crippen molar-refractivity contribution < 1.29 is 4.74 Å². The molecule has 0 aliphatic carbocycles. The van der Waals surface area contributed by atoms with Crippen molar-refractivity contribution >= 4 is 11.0 Å². The number of hydrogen-bond donors (Lipinski definition) is 1. The Morgan fingerprint density at radius 3 is 2.95 bits per heavy atom. The van der Waals surface area contributed by atoms with E-state index in [0.717, 1.165) is 46.7 Å². The van der Waals surface area contributed by atoms with Gasteiger partial charge in [0.2, 0.25) is 0 Å². The topological polar surface area (TPSA) is 50.8 Å². The zero-order valence-corrected chi connectivity index (χ0v) is 10.4. The van der Waals surface area contributed by atoms with Crippen LogP contribution in [-0.4, -0.2) is 21.6 Å². The van der Waals surface area contributed by atoms with Crippen LogP contribution in [0.1, 0.15) is 11.3 Å². The predicted molar refractivity (Wildman–Crippen MR) is 72.7 cm³/mol. The first-order valence-electron chi connectivity index (χ1n) is 6.41. The van der Waals surface area contributed by atoms with Crippen molar-refractivity contribution in [2.24, 2.45) is 0 Å². The second-order valence-electron chi connectivity index (χ2n) is 4.70. The van der Waals surface area contributed by atoms with Crippen LogP contribution >= 0.6 is 0 Å². The van der Waals surface area contributed by atoms with E-state index in [-0.39, 0.29) is 0 Å². The minimum Gasteiger partial charge on any atom is -0.376 e. The molecule has 1 aliphatic heterocycles. The van der Waals surface area contributed by atoms with Crippen LogP contribution in [0.25, 0.3) is 22.4 Å². The molecule has 19 heavy (non-hydrogen) atoms. The molecule has 94 valence electrons. The molecule has 4 heteroatoms. The van der Waals surface area contributed by atoms with E-state index in [1.807, 2.05) is 36.5 Å². The summed E-state index contributed by atoms with van der Waals surface area (Å²) in [5, 5.41) is 0. The van der Waals surface area contributed by atoms with Gasteiger partial charge < -0.3 is 9.72 Å². The van der Waals surface area contributed by atoms with Gasteiger partial charge in [0.05, 0.1) is 30.6 Å². The van der Waals surface area contributed by atoms with Crippen LogP contribution in [-0.2, 0) is 17.8 Å². The SMILES string of the molecule is c1ccc(-c2nc3cnc4c(c3[nH]2)COCC4)cc1. The van der Waals surface area contributed by atoms with E-state index in [9.17, 15) is 0 Å². The molecule has 4 rings (SSSR count). The standard InChI is InChI=1S/C15H13N3O/c1-2-4-10(5-3-1)15-17-13-8-16-12-6-7-19-9-11(12)14(13)18-15/h1-5,8H,6-7,9H2,(H,17,18). The van der Waals surface area contributed by atoms with E-state index in [1.54, 1.807) is 0 Å². The van der Waals surface area contributed by atoms with Crippen molar-refractivity contribution in [3.8, 4) is 11.4 Å². The summed E-state index contributed by atoms with van der Waals surface area (Å²) in [4.78, 5) is 12.5. The highest BCUT2D eigenvalue weighted by atomic mass is 16.5. The number of imidazole rings is 1. The Morgan fingerprint density at radius 2 is 2.05 bits per heavy atom. The van der Waals surface area contributed by atoms with Crippen LogP contribution in [0.4, 0.5) is 0 Å². The number of aromatic amines is 1. The molecule has 0 atom stereocenters. The lowest BCUT2D eigenvalue weighted by molar-refractivity contribution is 0.110. The summed E-state index contributed by atoms with van der Waals surface area (Å²) in [5.74, 6) is 0.886. The average molecular weight is 251 g/mol. The second kappa shape index (κ2) is 4.17. The third-order valence-electron chi connectivity index (χ3n) is 3.50. The van der Waals surface area contributed by atoms with Gasteiger partial charge in [-0.25, -0.2) is 4.98 Å². The zero-order valence-electron chi connectivity index (χ0n) is 10.4. The van der Waals surface area contributed by atoms with Gasteiger partial charge in [-0.3, -0.25) is 4.98 Å². The van der Waals surface area contributed by atoms with E-state index in [4.69, 9.17) is 4.74 Å². The summed E-state index contributed by atoms with van der Waals surface area (Å²) in [6.45, 7) is 1.38. The molecule has 0 fully saturated rings. The van der Waals surface area contributed by atoms with E-state index >= 15 is 0 Å². The Labute approximate surface area is 110 Å². The molecule has 1 aromatic carbocycles. The van der Waals surface area contributed by atoms with Crippen molar-refractivity contribution in [1.29, 1.82) is 0 Å². The number of ether oxygens (including phenoxy) is 1. The summed E-state index contributed by atoms with van der Waals surface area (Å²) in [7, 11) is 0. The van der Waals surface area contributed by atoms with Crippen molar-refractivity contribution in [3.05, 3.63) is 47.8 Å². The van der Waals surface area contributed by atoms with E-state index in [1.165, 1.54) is 0 Å². The van der Waals surface area contributed by atoms with Crippen LogP contribution in [0.5, 0.6) is 0 Å². The molecule has 0 saturated carbocycles. The lowest BCUT2D eigenvalue weighted by Crippen LogP contribution is -2.11. The van der Waals surface area contributed by atoms with Crippen LogP contribution in [0.15, 0.2) is 36.5 Å². The molecular formula is C15H13N3O. The zero-order chi connectivity index (χ0) is 12.7. The van der Waals surface area contributed by atoms with Crippen molar-refractivity contribution in [2.45, 2.75) is 13.0 Å². The minimum atomic E-state index is 0.621. The fraction of sp³-hybridized carbons (Fsp3) is 0.200. The molecular weight excluding hydrogens is 238 g/mol. The number of rotatable bonds is 1. The predicted octanol–water partition coefficient (Wildman–Crippen LogP) is 2.70. The molecule has 0 radical (unpaired) electrons. The summed E-state index contributed by atoms with van der Waals surface area (Å²) in [6, 6.07) is 10.1. The van der Waals surface area contributed by atoms with Crippen LogP contribution < -0.4 is 0 Å². The highest BCUT2D eigenvalue weighted by molar-refractivity contribution is 5.82. The summed E-state index contributed by atoms with van der Waals surface area (Å²) < 4.78 is 5.53. The number of fused-ring (bicyclic) bond motifs is 3. The van der Waals surface area contributed by atoms with Gasteiger partial charge in [0, 0.05) is 17.5 Å². The molecule has 1 N–H and O–H groups in total. The van der Waals surface area contributed by atoms with Crippen molar-refractivity contribution in [2.75, 3.05) is 6.61 Å². The first-order chi connectivity index (χ1) is 9.42. The maximum Gasteiger partial charge on any atom is 0.138 e. The maximum atomic E-state index is 5.53. The van der Waals surface area contributed by atoms with Gasteiger partial charge in [0.1, 0.15) is 11.3 Å². The van der Waals surface area contributed by atoms with Gasteiger partial charge in [0.25, 0.3) is 0 Å². The third kappa shape index (κ3) is 1.72. The number of hydrogen-bond acceptors (Lipinski definition) is 3. The number of H-pyrrole nitrogens is 1. The quantitative estimate of drug-likeness (QED) is 0.723. The van der Waals surface area contributed by atoms with Gasteiger partial charge in [-0.05, 0) is 0 Å². The molecule has 4 nitrogen and oxygen atoms in total. The summed E-state index contributed by atoms with van der Waals surface area (Å²) in [6.07, 6.45) is 2.73. The van der Waals surface area contributed by atoms with E-state index in [0.29, 0.717) is 6.61 Å². The average Bonchev–Trinajstić information content (AvgIpc) is 2.93. The lowest BCUT2D eigenvalue weighted by atomic mass is 10.1. The number of nitrogens with one attached hydrogen (secondary N) is 1. The third-order valence-corrected chi connectivity index (χ3v) is 3.50. The van der Waals surface area contributed by atoms with Crippen molar-refractivity contribution in [3.63, 3.8) is 0 Å². The maximum absolute atomic E-state index is 5.53. The summed E-state index contributed by atoms with van der Waals surface area (Å²) in [5.41, 5.74) is 5.33. The second-order valence-corrected chi connectivity index (χ2v) is 4.70. The van der Waals surface area contributed by atoms with Gasteiger partial charge in [0.15, 0.2) is 0 Å². The van der Waals surface area contributed by atoms with Gasteiger partial charge in [-0.1, -0.05) is 30.3 Å². The van der Waals surface area contributed by atoms with Crippen LogP contribution in [0.2, 0.25) is 0 Å². The van der Waals surface area contributed by atoms with Crippen molar-refractivity contribution in [1.82, 2.24) is 15.0 Å². The fourth-order valence-corrected chi connectivity index (χ4v) is 2.52. The molecule has 0 amide bonds. The fourth-order valence-electron chi connectivity index (χ4n) is 2.52. The van der Waals surface area contributed by atoms with Gasteiger partial charge in [-0.15, -0.1) is 0 Å². The van der Waals surface area contributed by atoms with Crippen LogP contribution in [0, 0.1) is 0 Å². The molecule has 0 bridgehead atoms. The largest absolute Gasteiger partial charge is 0.376 e. The first kappa shape index (κ1) is 10.7. The molecule has 3 aromatic rings. The normalized spacial score (nSPS) is 14.5. The van der Waals surface area contributed by atoms with E-state index < -0.39 is 0 Å². The lowest BCUT2D eigenvalue weighted by Gasteiger charge is -2.15. The van der Waals surface area contributed by atoms with Gasteiger partial charge in [-0.2, -0.15) is 0 Å². The van der Waals surface area contributed by atoms with E-state index in [2.05, 4.69) is 15.0 Å². The molecule has 2 aromatic heterocycles. The molecule has 0 unspecified atom stereocenters. The minimum absolute atomic E-state index is 0.621. The number of nitrogens with zero attached hydrogens (tertiary/aromatic N) is 2. The smallest absolute Gasteiger partial charge is 0.138 e. The molecule has 1 aliphatic rings. The Morgan fingerprint density at radius 1 is 1.16 bits per heavy atom. The Balaban J connectivity index is 1.92. The van der Waals surface area contributed by atoms with Crippen LogP contribution in [0.3, 0.4) is 0 Å². The number of pyridine rings is 1. The Kier molecular flexibility index (Phi) is 2.35. The summed E-state index contributed by atoms with van der Waals surface area (Å²) >= 11 is 0. The highest BCUT2D eigenvalue weighted by Crippen LogP contribution is 2.26. The molecule has 0 saturated heterocycles. The number of benzene rings is 1. The Bertz CT molecular complexity index is 734. The molecule has 3 heterocycles. The first-order valence-corrected chi connectivity index (χ1v) is 6.41. The monoisotopic (exact) mass is 251 g/mol. The number of aromatic nitrogens is 3. The highest BCUT2D eigenvalue weighted by Gasteiger charge is 2.17. The Hall–Kier alpha value is -2.20. The van der Waals surface area contributed by atoms with Gasteiger partial charge >= 0.3 is 0 Å².